The molecule has 0 bridgehead atoms. The average Bonchev–Trinajstić information content (AvgIpc) is 2.49. The van der Waals surface area contributed by atoms with Crippen molar-refractivity contribution in [3.8, 4) is 5.75 Å². The van der Waals surface area contributed by atoms with Crippen molar-refractivity contribution in [2.45, 2.75) is 6.92 Å². The minimum absolute atomic E-state index is 0.499. The van der Waals surface area contributed by atoms with Gasteiger partial charge in [0.2, 0.25) is 0 Å². The van der Waals surface area contributed by atoms with Crippen LogP contribution < -0.4 is 15.4 Å². The van der Waals surface area contributed by atoms with Gasteiger partial charge in [0, 0.05) is 17.4 Å². The van der Waals surface area contributed by atoms with Gasteiger partial charge < -0.3 is 15.4 Å². The molecule has 2 N–H and O–H groups in total. The number of amides is 2. The van der Waals surface area contributed by atoms with E-state index < -0.39 is 11.8 Å². The number of hydrogen-bond acceptors (Lipinski definition) is 3. The molecular weight excluding hydrogens is 268 g/mol. The minimum atomic E-state index is -0.733. The molecule has 108 valence electrons. The van der Waals surface area contributed by atoms with E-state index in [0.29, 0.717) is 17.1 Å². The number of anilines is 2. The number of benzene rings is 2. The minimum Gasteiger partial charge on any atom is -0.497 e. The van der Waals surface area contributed by atoms with Gasteiger partial charge in [-0.05, 0) is 31.2 Å². The second kappa shape index (κ2) is 6.56. The molecule has 2 amide bonds. The van der Waals surface area contributed by atoms with E-state index in [1.807, 2.05) is 19.1 Å². The standard InChI is InChI=1S/C16H16N2O3/c1-11-6-8-12(9-7-11)17-15(19)16(20)18-13-4-3-5-14(10-13)21-2/h3-10H,1-2H3,(H,17,19)(H,18,20). The molecular formula is C16H16N2O3. The molecule has 0 spiro atoms. The number of aryl methyl sites for hydroxylation is 1. The first-order valence-electron chi connectivity index (χ1n) is 6.41. The van der Waals surface area contributed by atoms with Crippen molar-refractivity contribution in [1.29, 1.82) is 0 Å². The highest BCUT2D eigenvalue weighted by molar-refractivity contribution is 6.43. The molecule has 21 heavy (non-hydrogen) atoms. The average molecular weight is 284 g/mol. The van der Waals surface area contributed by atoms with Crippen molar-refractivity contribution in [3.63, 3.8) is 0 Å². The van der Waals surface area contributed by atoms with E-state index in [1.165, 1.54) is 7.11 Å². The Morgan fingerprint density at radius 2 is 1.52 bits per heavy atom. The fourth-order valence-corrected chi connectivity index (χ4v) is 1.71. The van der Waals surface area contributed by atoms with E-state index >= 15 is 0 Å². The molecule has 0 radical (unpaired) electrons. The monoisotopic (exact) mass is 284 g/mol. The zero-order valence-corrected chi connectivity index (χ0v) is 11.8. The van der Waals surface area contributed by atoms with Gasteiger partial charge in [-0.15, -0.1) is 0 Å². The summed E-state index contributed by atoms with van der Waals surface area (Å²) in [6.07, 6.45) is 0. The highest BCUT2D eigenvalue weighted by Gasteiger charge is 2.14. The van der Waals surface area contributed by atoms with Crippen molar-refractivity contribution in [2.24, 2.45) is 0 Å². The van der Waals surface area contributed by atoms with Gasteiger partial charge in [-0.1, -0.05) is 23.8 Å². The Bertz CT molecular complexity index is 651. The summed E-state index contributed by atoms with van der Waals surface area (Å²) in [6.45, 7) is 1.95. The third-order valence-corrected chi connectivity index (χ3v) is 2.84. The topological polar surface area (TPSA) is 67.4 Å². The SMILES string of the molecule is COc1cccc(NC(=O)C(=O)Nc2ccc(C)cc2)c1. The highest BCUT2D eigenvalue weighted by atomic mass is 16.5. The lowest BCUT2D eigenvalue weighted by Crippen LogP contribution is -2.29. The van der Waals surface area contributed by atoms with Crippen LogP contribution in [0.15, 0.2) is 48.5 Å². The van der Waals surface area contributed by atoms with E-state index in [1.54, 1.807) is 36.4 Å². The summed E-state index contributed by atoms with van der Waals surface area (Å²) in [6, 6.07) is 14.0. The van der Waals surface area contributed by atoms with Crippen LogP contribution in [-0.2, 0) is 9.59 Å². The van der Waals surface area contributed by atoms with Gasteiger partial charge in [0.1, 0.15) is 5.75 Å². The zero-order chi connectivity index (χ0) is 15.2. The summed E-state index contributed by atoms with van der Waals surface area (Å²) in [5.41, 5.74) is 2.15. The first-order valence-corrected chi connectivity index (χ1v) is 6.41. The number of methoxy groups -OCH3 is 1. The van der Waals surface area contributed by atoms with Crippen molar-refractivity contribution in [2.75, 3.05) is 17.7 Å². The third-order valence-electron chi connectivity index (χ3n) is 2.84. The molecule has 5 nitrogen and oxygen atoms in total. The molecule has 0 aliphatic heterocycles. The summed E-state index contributed by atoms with van der Waals surface area (Å²) in [5.74, 6) is -0.850. The Morgan fingerprint density at radius 1 is 0.905 bits per heavy atom. The van der Waals surface area contributed by atoms with Crippen molar-refractivity contribution in [1.82, 2.24) is 0 Å². The zero-order valence-electron chi connectivity index (χ0n) is 11.8. The number of nitrogens with one attached hydrogen (secondary N) is 2. The maximum Gasteiger partial charge on any atom is 0.314 e. The second-order valence-corrected chi connectivity index (χ2v) is 4.51. The third kappa shape index (κ3) is 4.07. The fraction of sp³-hybridized carbons (Fsp3) is 0.125. The number of rotatable bonds is 3. The Kier molecular flexibility index (Phi) is 4.56. The van der Waals surface area contributed by atoms with Crippen LogP contribution in [0.5, 0.6) is 5.75 Å². The van der Waals surface area contributed by atoms with Crippen LogP contribution in [0.4, 0.5) is 11.4 Å². The van der Waals surface area contributed by atoms with Gasteiger partial charge in [-0.25, -0.2) is 0 Å². The Morgan fingerprint density at radius 3 is 2.14 bits per heavy atom. The number of hydrogen-bond donors (Lipinski definition) is 2. The van der Waals surface area contributed by atoms with Crippen LogP contribution in [0.2, 0.25) is 0 Å². The number of carbonyl (C=O) groups is 2. The van der Waals surface area contributed by atoms with Gasteiger partial charge >= 0.3 is 11.8 Å². The van der Waals surface area contributed by atoms with Crippen LogP contribution in [-0.4, -0.2) is 18.9 Å². The van der Waals surface area contributed by atoms with Crippen LogP contribution in [0.25, 0.3) is 0 Å². The highest BCUT2D eigenvalue weighted by Crippen LogP contribution is 2.16. The van der Waals surface area contributed by atoms with Crippen molar-refractivity contribution >= 4 is 23.2 Å². The molecule has 0 fully saturated rings. The lowest BCUT2D eigenvalue weighted by Gasteiger charge is -2.08. The second-order valence-electron chi connectivity index (χ2n) is 4.51. The lowest BCUT2D eigenvalue weighted by molar-refractivity contribution is -0.132. The molecule has 0 heterocycles. The van der Waals surface area contributed by atoms with Crippen LogP contribution >= 0.6 is 0 Å². The molecule has 0 atom stereocenters. The molecule has 0 aliphatic rings. The first-order chi connectivity index (χ1) is 10.1. The summed E-state index contributed by atoms with van der Waals surface area (Å²) >= 11 is 0. The van der Waals surface area contributed by atoms with Crippen LogP contribution in [0.3, 0.4) is 0 Å². The van der Waals surface area contributed by atoms with Crippen LogP contribution in [0.1, 0.15) is 5.56 Å². The largest absolute Gasteiger partial charge is 0.497 e. The van der Waals surface area contributed by atoms with Gasteiger partial charge in [-0.3, -0.25) is 9.59 Å². The smallest absolute Gasteiger partial charge is 0.314 e. The van der Waals surface area contributed by atoms with E-state index in [9.17, 15) is 9.59 Å². The van der Waals surface area contributed by atoms with E-state index in [-0.39, 0.29) is 0 Å². The van der Waals surface area contributed by atoms with Gasteiger partial charge in [0.15, 0.2) is 0 Å². The molecule has 2 aromatic rings. The first kappa shape index (κ1) is 14.6. The molecule has 2 aromatic carbocycles. The van der Waals surface area contributed by atoms with Gasteiger partial charge in [-0.2, -0.15) is 0 Å². The molecule has 2 rings (SSSR count). The van der Waals surface area contributed by atoms with Gasteiger partial charge in [0.25, 0.3) is 0 Å². The van der Waals surface area contributed by atoms with Gasteiger partial charge in [0.05, 0.1) is 7.11 Å². The molecule has 0 saturated heterocycles. The van der Waals surface area contributed by atoms with E-state index in [0.717, 1.165) is 5.56 Å². The summed E-state index contributed by atoms with van der Waals surface area (Å²) in [4.78, 5) is 23.6. The molecule has 0 saturated carbocycles. The molecule has 0 unspecified atom stereocenters. The number of ether oxygens (including phenoxy) is 1. The molecule has 5 heteroatoms. The Balaban J connectivity index is 1.99. The normalized spacial score (nSPS) is 9.81. The van der Waals surface area contributed by atoms with E-state index in [2.05, 4.69) is 10.6 Å². The Hall–Kier alpha value is -2.82. The lowest BCUT2D eigenvalue weighted by atomic mass is 10.2. The predicted octanol–water partition coefficient (Wildman–Crippen LogP) is 2.58. The quantitative estimate of drug-likeness (QED) is 0.851. The van der Waals surface area contributed by atoms with Crippen molar-refractivity contribution < 1.29 is 14.3 Å². The summed E-state index contributed by atoms with van der Waals surface area (Å²) in [5, 5.41) is 5.05. The Labute approximate surface area is 122 Å². The van der Waals surface area contributed by atoms with Crippen LogP contribution in [0, 0.1) is 6.92 Å². The molecule has 0 aliphatic carbocycles. The maximum atomic E-state index is 11.8. The summed E-state index contributed by atoms with van der Waals surface area (Å²) in [7, 11) is 1.53. The maximum absolute atomic E-state index is 11.8. The molecule has 0 aromatic heterocycles. The van der Waals surface area contributed by atoms with Crippen molar-refractivity contribution in [3.05, 3.63) is 54.1 Å². The number of carbonyl (C=O) groups excluding carboxylic acids is 2. The fourth-order valence-electron chi connectivity index (χ4n) is 1.71. The van der Waals surface area contributed by atoms with E-state index in [4.69, 9.17) is 4.74 Å². The predicted molar refractivity (Wildman–Crippen MR) is 81.4 cm³/mol. The summed E-state index contributed by atoms with van der Waals surface area (Å²) < 4.78 is 5.05.